The van der Waals surface area contributed by atoms with Crippen LogP contribution < -0.4 is 15.2 Å². The Kier molecular flexibility index (Phi) is 4.10. The highest BCUT2D eigenvalue weighted by molar-refractivity contribution is 7.98. The molecule has 0 radical (unpaired) electrons. The van der Waals surface area contributed by atoms with E-state index in [0.29, 0.717) is 25.2 Å². The van der Waals surface area contributed by atoms with Crippen LogP contribution in [0.15, 0.2) is 17.0 Å². The van der Waals surface area contributed by atoms with Crippen LogP contribution in [0.25, 0.3) is 0 Å². The fraction of sp³-hybridized carbons (Fsp3) is 0.600. The first-order valence-corrected chi connectivity index (χ1v) is 8.33. The minimum absolute atomic E-state index is 0.432. The van der Waals surface area contributed by atoms with Crippen LogP contribution in [0.4, 0.5) is 0 Å². The van der Waals surface area contributed by atoms with Crippen LogP contribution in [0.3, 0.4) is 0 Å². The first-order chi connectivity index (χ1) is 9.72. The van der Waals surface area contributed by atoms with Crippen molar-refractivity contribution in [2.24, 2.45) is 11.7 Å². The number of rotatable bonds is 3. The Morgan fingerprint density at radius 3 is 2.60 bits per heavy atom. The molecular weight excluding hydrogens is 272 g/mol. The highest BCUT2D eigenvalue weighted by atomic mass is 32.2. The van der Waals surface area contributed by atoms with Gasteiger partial charge in [-0.3, -0.25) is 4.90 Å². The molecule has 1 saturated heterocycles. The van der Waals surface area contributed by atoms with Gasteiger partial charge in [0.1, 0.15) is 13.2 Å². The molecular formula is C15H22N2O2S. The van der Waals surface area contributed by atoms with Gasteiger partial charge in [-0.1, -0.05) is 0 Å². The molecule has 110 valence electrons. The molecule has 2 N–H and O–H groups in total. The molecule has 20 heavy (non-hydrogen) atoms. The summed E-state index contributed by atoms with van der Waals surface area (Å²) in [6.45, 7) is 3.11. The monoisotopic (exact) mass is 294 g/mol. The van der Waals surface area contributed by atoms with Crippen LogP contribution in [0, 0.1) is 5.92 Å². The Bertz CT molecular complexity index is 495. The number of hydrogen-bond acceptors (Lipinski definition) is 5. The number of fused-ring (bicyclic) bond motifs is 1. The number of thioether (sulfide) groups is 1. The third-order valence-corrected chi connectivity index (χ3v) is 5.02. The molecule has 1 aromatic rings. The Morgan fingerprint density at radius 1 is 1.30 bits per heavy atom. The van der Waals surface area contributed by atoms with Gasteiger partial charge in [0.15, 0.2) is 11.5 Å². The van der Waals surface area contributed by atoms with Crippen molar-refractivity contribution in [2.45, 2.75) is 17.4 Å². The number of nitrogens with two attached hydrogens (primary N) is 1. The molecule has 0 bridgehead atoms. The van der Waals surface area contributed by atoms with E-state index in [-0.39, 0.29) is 0 Å². The molecule has 0 saturated carbocycles. The van der Waals surface area contributed by atoms with E-state index in [9.17, 15) is 0 Å². The van der Waals surface area contributed by atoms with Gasteiger partial charge in [-0.05, 0) is 49.9 Å². The lowest BCUT2D eigenvalue weighted by Crippen LogP contribution is -2.21. The Hall–Kier alpha value is -0.910. The average molecular weight is 294 g/mol. The smallest absolute Gasteiger partial charge is 0.162 e. The summed E-state index contributed by atoms with van der Waals surface area (Å²) in [6.07, 6.45) is 3.24. The normalized spacial score (nSPS) is 25.9. The fourth-order valence-electron chi connectivity index (χ4n) is 3.16. The van der Waals surface area contributed by atoms with Crippen LogP contribution >= 0.6 is 11.8 Å². The van der Waals surface area contributed by atoms with Gasteiger partial charge in [-0.2, -0.15) is 0 Å². The molecule has 5 heteroatoms. The lowest BCUT2D eigenvalue weighted by molar-refractivity contribution is 0.170. The quantitative estimate of drug-likeness (QED) is 0.865. The molecule has 2 aliphatic rings. The second-order valence-corrected chi connectivity index (χ2v) is 6.38. The number of benzene rings is 1. The van der Waals surface area contributed by atoms with Crippen molar-refractivity contribution >= 4 is 11.8 Å². The van der Waals surface area contributed by atoms with Crippen LogP contribution in [0.1, 0.15) is 18.0 Å². The molecule has 1 aromatic carbocycles. The van der Waals surface area contributed by atoms with E-state index in [4.69, 9.17) is 15.2 Å². The number of ether oxygens (including phenoxy) is 2. The Balaban J connectivity index is 1.95. The maximum Gasteiger partial charge on any atom is 0.162 e. The molecule has 2 heterocycles. The van der Waals surface area contributed by atoms with E-state index in [1.54, 1.807) is 11.8 Å². The van der Waals surface area contributed by atoms with E-state index < -0.39 is 0 Å². The predicted octanol–water partition coefficient (Wildman–Crippen LogP) is 2.13. The molecule has 0 amide bonds. The lowest BCUT2D eigenvalue weighted by atomic mass is 9.99. The maximum atomic E-state index is 5.84. The molecule has 0 aromatic heterocycles. The van der Waals surface area contributed by atoms with Gasteiger partial charge in [-0.15, -0.1) is 11.8 Å². The molecule has 0 spiro atoms. The fourth-order valence-corrected chi connectivity index (χ4v) is 3.82. The van der Waals surface area contributed by atoms with Crippen molar-refractivity contribution < 1.29 is 9.47 Å². The van der Waals surface area contributed by atoms with Crippen molar-refractivity contribution in [3.8, 4) is 11.5 Å². The summed E-state index contributed by atoms with van der Waals surface area (Å²) in [5.74, 6) is 2.35. The zero-order valence-electron chi connectivity index (χ0n) is 12.1. The molecule has 2 atom stereocenters. The summed E-state index contributed by atoms with van der Waals surface area (Å²) in [4.78, 5) is 3.69. The number of nitrogens with zero attached hydrogens (tertiary/aromatic N) is 1. The van der Waals surface area contributed by atoms with E-state index in [1.807, 2.05) is 0 Å². The molecule has 1 fully saturated rings. The summed E-state index contributed by atoms with van der Waals surface area (Å²) in [6, 6.07) is 4.72. The molecule has 2 unspecified atom stereocenters. The highest BCUT2D eigenvalue weighted by Crippen LogP contribution is 2.43. The number of hydrogen-bond donors (Lipinski definition) is 1. The van der Waals surface area contributed by atoms with Crippen molar-refractivity contribution in [2.75, 3.05) is 39.6 Å². The third-order valence-electron chi connectivity index (χ3n) is 4.22. The lowest BCUT2D eigenvalue weighted by Gasteiger charge is -2.25. The SMILES string of the molecule is CSc1cc2c(cc1C1CC(CN)CN1C)OCCO2. The van der Waals surface area contributed by atoms with Gasteiger partial charge in [-0.25, -0.2) is 0 Å². The van der Waals surface area contributed by atoms with Crippen molar-refractivity contribution in [3.63, 3.8) is 0 Å². The Labute approximate surface area is 124 Å². The van der Waals surface area contributed by atoms with Gasteiger partial charge < -0.3 is 15.2 Å². The second-order valence-electron chi connectivity index (χ2n) is 5.53. The first-order valence-electron chi connectivity index (χ1n) is 7.10. The van der Waals surface area contributed by atoms with Gasteiger partial charge in [0.2, 0.25) is 0 Å². The summed E-state index contributed by atoms with van der Waals surface area (Å²) in [5.41, 5.74) is 7.19. The minimum atomic E-state index is 0.432. The van der Waals surface area contributed by atoms with Gasteiger partial charge in [0.25, 0.3) is 0 Å². The molecule has 2 aliphatic heterocycles. The third kappa shape index (κ3) is 2.50. The zero-order valence-corrected chi connectivity index (χ0v) is 12.9. The maximum absolute atomic E-state index is 5.84. The summed E-state index contributed by atoms with van der Waals surface area (Å²) in [7, 11) is 2.18. The topological polar surface area (TPSA) is 47.7 Å². The molecule has 0 aliphatic carbocycles. The second kappa shape index (κ2) is 5.84. The van der Waals surface area contributed by atoms with Gasteiger partial charge in [0.05, 0.1) is 0 Å². The van der Waals surface area contributed by atoms with Crippen LogP contribution in [-0.4, -0.2) is 44.5 Å². The van der Waals surface area contributed by atoms with E-state index >= 15 is 0 Å². The average Bonchev–Trinajstić information content (AvgIpc) is 2.86. The molecule has 4 nitrogen and oxygen atoms in total. The van der Waals surface area contributed by atoms with E-state index in [0.717, 1.165) is 31.0 Å². The van der Waals surface area contributed by atoms with E-state index in [2.05, 4.69) is 30.3 Å². The van der Waals surface area contributed by atoms with Crippen molar-refractivity contribution in [3.05, 3.63) is 17.7 Å². The minimum Gasteiger partial charge on any atom is -0.486 e. The highest BCUT2D eigenvalue weighted by Gasteiger charge is 2.32. The summed E-state index contributed by atoms with van der Waals surface area (Å²) < 4.78 is 11.4. The Morgan fingerprint density at radius 2 is 2.00 bits per heavy atom. The predicted molar refractivity (Wildman–Crippen MR) is 81.7 cm³/mol. The van der Waals surface area contributed by atoms with Crippen LogP contribution in [0.5, 0.6) is 11.5 Å². The summed E-state index contributed by atoms with van der Waals surface area (Å²) >= 11 is 1.77. The summed E-state index contributed by atoms with van der Waals surface area (Å²) in [5, 5.41) is 0. The van der Waals surface area contributed by atoms with Crippen LogP contribution in [0.2, 0.25) is 0 Å². The first kappa shape index (κ1) is 14.0. The van der Waals surface area contributed by atoms with Gasteiger partial charge >= 0.3 is 0 Å². The van der Waals surface area contributed by atoms with Crippen molar-refractivity contribution in [1.82, 2.24) is 4.90 Å². The van der Waals surface area contributed by atoms with Gasteiger partial charge in [0, 0.05) is 17.5 Å². The van der Waals surface area contributed by atoms with Crippen molar-refractivity contribution in [1.29, 1.82) is 0 Å². The largest absolute Gasteiger partial charge is 0.486 e. The van der Waals surface area contributed by atoms with E-state index in [1.165, 1.54) is 10.5 Å². The molecule has 3 rings (SSSR count). The number of likely N-dealkylation sites (tertiary alicyclic amines) is 1. The standard InChI is InChI=1S/C15H22N2O2S/c1-17-9-10(8-16)5-12(17)11-6-13-14(7-15(11)20-2)19-4-3-18-13/h6-7,10,12H,3-5,8-9,16H2,1-2H3. The van der Waals surface area contributed by atoms with Crippen LogP contribution in [-0.2, 0) is 0 Å². The zero-order chi connectivity index (χ0) is 14.1.